The molecule has 4 aromatic heterocycles. The summed E-state index contributed by atoms with van der Waals surface area (Å²) in [4.78, 5) is 40.8. The number of nitrogens with zero attached hydrogens (tertiary/aromatic N) is 7. The standard InChI is InChI=1S/C21H27N10O11P/c22-20-28-17-10(18(36)29-20)26-6-30(17)19-15(12(34)9(4-32)41-19)42-43(37,38)39-2-1-8-11(33)13(35)14(40-8)7-3-27-31-16(7)24-5-25-21(31)23/h3,5-6,8-9,11-15,19,32-35H,1-2,4H2,(H,37,38)(H2,23,24,25)(H3,22,28,29,36)/t8-,9-,11-,12-,13-,14+,15-,19-/m1/s1. The molecule has 2 fully saturated rings. The molecule has 0 bridgehead atoms. The fourth-order valence-corrected chi connectivity index (χ4v) is 6.03. The average molecular weight is 626 g/mol. The molecule has 6 heterocycles. The zero-order valence-electron chi connectivity index (χ0n) is 21.9. The molecule has 0 amide bonds. The van der Waals surface area contributed by atoms with Gasteiger partial charge in [-0.3, -0.25) is 23.4 Å². The number of nitrogens with one attached hydrogen (secondary N) is 1. The van der Waals surface area contributed by atoms with Crippen LogP contribution in [0.25, 0.3) is 16.8 Å². The van der Waals surface area contributed by atoms with Gasteiger partial charge in [-0.05, 0) is 0 Å². The lowest BCUT2D eigenvalue weighted by Gasteiger charge is -2.24. The summed E-state index contributed by atoms with van der Waals surface area (Å²) in [5, 5.41) is 45.6. The minimum atomic E-state index is -4.94. The molecule has 0 saturated carbocycles. The van der Waals surface area contributed by atoms with E-state index >= 15 is 0 Å². The van der Waals surface area contributed by atoms with E-state index in [4.69, 9.17) is 30.0 Å². The molecule has 0 aromatic carbocycles. The van der Waals surface area contributed by atoms with E-state index in [1.165, 1.54) is 17.0 Å². The molecule has 2 aliphatic rings. The van der Waals surface area contributed by atoms with Gasteiger partial charge in [0.25, 0.3) is 5.56 Å². The topological polar surface area (TPSA) is 314 Å². The smallest absolute Gasteiger partial charge is 0.394 e. The Balaban J connectivity index is 1.13. The summed E-state index contributed by atoms with van der Waals surface area (Å²) in [5.74, 6) is -0.193. The number of aliphatic hydroxyl groups excluding tert-OH is 4. The van der Waals surface area contributed by atoms with Crippen molar-refractivity contribution in [1.82, 2.24) is 39.1 Å². The predicted molar refractivity (Wildman–Crippen MR) is 140 cm³/mol. The first-order valence-electron chi connectivity index (χ1n) is 12.8. The van der Waals surface area contributed by atoms with Gasteiger partial charge >= 0.3 is 7.82 Å². The zero-order chi connectivity index (χ0) is 30.6. The molecule has 0 aliphatic carbocycles. The largest absolute Gasteiger partial charge is 0.472 e. The van der Waals surface area contributed by atoms with Crippen LogP contribution in [0.3, 0.4) is 0 Å². The number of rotatable bonds is 9. The second-order valence-electron chi connectivity index (χ2n) is 9.82. The molecular weight excluding hydrogens is 599 g/mol. The lowest BCUT2D eigenvalue weighted by Crippen LogP contribution is -2.35. The number of fused-ring (bicyclic) bond motifs is 2. The maximum Gasteiger partial charge on any atom is 0.472 e. The van der Waals surface area contributed by atoms with Crippen molar-refractivity contribution in [1.29, 1.82) is 0 Å². The van der Waals surface area contributed by atoms with Crippen LogP contribution in [0.4, 0.5) is 11.9 Å². The summed E-state index contributed by atoms with van der Waals surface area (Å²) in [7, 11) is -4.94. The summed E-state index contributed by atoms with van der Waals surface area (Å²) in [6.45, 7) is -1.17. The van der Waals surface area contributed by atoms with E-state index in [-0.39, 0.29) is 35.1 Å². The maximum atomic E-state index is 12.9. The predicted octanol–water partition coefficient (Wildman–Crippen LogP) is -3.27. The van der Waals surface area contributed by atoms with E-state index in [9.17, 15) is 34.7 Å². The zero-order valence-corrected chi connectivity index (χ0v) is 22.8. The van der Waals surface area contributed by atoms with Crippen LogP contribution in [0.1, 0.15) is 24.3 Å². The Kier molecular flexibility index (Phi) is 7.62. The molecule has 43 heavy (non-hydrogen) atoms. The Morgan fingerprint density at radius 1 is 1.07 bits per heavy atom. The number of anilines is 2. The highest BCUT2D eigenvalue weighted by atomic mass is 31.2. The number of nitrogen functional groups attached to an aromatic ring is 2. The van der Waals surface area contributed by atoms with Gasteiger partial charge in [-0.25, -0.2) is 19.5 Å². The summed E-state index contributed by atoms with van der Waals surface area (Å²) in [6, 6.07) is 0. The Labute approximate surface area is 239 Å². The van der Waals surface area contributed by atoms with Gasteiger partial charge < -0.3 is 46.3 Å². The molecule has 21 nitrogen and oxygen atoms in total. The minimum absolute atomic E-state index is 0.0496. The van der Waals surface area contributed by atoms with Crippen molar-refractivity contribution in [2.45, 2.75) is 55.4 Å². The van der Waals surface area contributed by atoms with Crippen molar-refractivity contribution in [3.8, 4) is 0 Å². The van der Waals surface area contributed by atoms with Crippen molar-refractivity contribution in [2.24, 2.45) is 0 Å². The quantitative estimate of drug-likeness (QED) is 0.0844. The van der Waals surface area contributed by atoms with Crippen LogP contribution in [0.2, 0.25) is 0 Å². The minimum Gasteiger partial charge on any atom is -0.394 e. The van der Waals surface area contributed by atoms with Crippen LogP contribution in [0.5, 0.6) is 0 Å². The number of nitrogens with two attached hydrogens (primary N) is 2. The number of ether oxygens (including phenoxy) is 2. The molecule has 2 aliphatic heterocycles. The first kappa shape index (κ1) is 29.4. The number of hydrogen-bond acceptors (Lipinski definition) is 17. The summed E-state index contributed by atoms with van der Waals surface area (Å²) < 4.78 is 37.1. The molecule has 4 aromatic rings. The number of aliphatic hydroxyl groups is 4. The van der Waals surface area contributed by atoms with E-state index < -0.39 is 75.6 Å². The number of imidazole rings is 1. The number of phosphoric acid groups is 1. The van der Waals surface area contributed by atoms with E-state index in [1.54, 1.807) is 0 Å². The Bertz CT molecular complexity index is 1750. The Morgan fingerprint density at radius 3 is 2.63 bits per heavy atom. The SMILES string of the molecule is Nc1nc2c(ncn2[C@@H]2O[C@H](CO)[C@@H](O)[C@H]2OP(=O)(O)OCC[C@H]2O[C@@H](c3cnn4c(N)ncnc34)[C@H](O)[C@@H]2O)c(=O)[nH]1. The monoisotopic (exact) mass is 626 g/mol. The summed E-state index contributed by atoms with van der Waals surface area (Å²) in [5.41, 5.74) is 11.1. The van der Waals surface area contributed by atoms with Crippen LogP contribution in [-0.2, 0) is 23.1 Å². The van der Waals surface area contributed by atoms with Gasteiger partial charge in [-0.2, -0.15) is 14.6 Å². The lowest BCUT2D eigenvalue weighted by molar-refractivity contribution is -0.0519. The van der Waals surface area contributed by atoms with Gasteiger partial charge in [0.2, 0.25) is 11.9 Å². The van der Waals surface area contributed by atoms with E-state index in [0.29, 0.717) is 5.56 Å². The highest BCUT2D eigenvalue weighted by Crippen LogP contribution is 2.49. The molecule has 6 rings (SSSR count). The second-order valence-corrected chi connectivity index (χ2v) is 11.2. The molecule has 0 spiro atoms. The first-order chi connectivity index (χ1) is 20.5. The molecule has 2 saturated heterocycles. The number of aromatic amines is 1. The third-order valence-electron chi connectivity index (χ3n) is 7.16. The molecule has 22 heteroatoms. The van der Waals surface area contributed by atoms with Gasteiger partial charge in [0.1, 0.15) is 43.0 Å². The van der Waals surface area contributed by atoms with Gasteiger partial charge in [-0.1, -0.05) is 0 Å². The van der Waals surface area contributed by atoms with Crippen molar-refractivity contribution in [2.75, 3.05) is 24.7 Å². The fraction of sp³-hybridized carbons (Fsp3) is 0.524. The van der Waals surface area contributed by atoms with E-state index in [1.807, 2.05) is 0 Å². The molecule has 232 valence electrons. The van der Waals surface area contributed by atoms with Gasteiger partial charge in [0.05, 0.1) is 31.8 Å². The van der Waals surface area contributed by atoms with Gasteiger partial charge in [0.15, 0.2) is 23.0 Å². The van der Waals surface area contributed by atoms with Gasteiger partial charge in [-0.15, -0.1) is 0 Å². The molecule has 1 unspecified atom stereocenters. The molecule has 10 N–H and O–H groups in total. The van der Waals surface area contributed by atoms with Crippen LogP contribution in [0.15, 0.2) is 23.6 Å². The molecular formula is C21H27N10O11P. The number of H-pyrrole nitrogens is 1. The van der Waals surface area contributed by atoms with Crippen LogP contribution in [-0.4, -0.2) is 114 Å². The molecule has 9 atom stereocenters. The van der Waals surface area contributed by atoms with Crippen molar-refractivity contribution < 1.29 is 48.4 Å². The first-order valence-corrected chi connectivity index (χ1v) is 14.3. The maximum absolute atomic E-state index is 12.9. The summed E-state index contributed by atoms with van der Waals surface area (Å²) in [6.07, 6.45) is -7.18. The van der Waals surface area contributed by atoms with Gasteiger partial charge in [0, 0.05) is 12.0 Å². The van der Waals surface area contributed by atoms with Crippen LogP contribution in [0, 0.1) is 0 Å². The highest BCUT2D eigenvalue weighted by Gasteiger charge is 2.50. The average Bonchev–Trinajstić information content (AvgIpc) is 3.71. The Morgan fingerprint density at radius 2 is 1.86 bits per heavy atom. The fourth-order valence-electron chi connectivity index (χ4n) is 5.10. The van der Waals surface area contributed by atoms with Crippen molar-refractivity contribution >= 4 is 36.5 Å². The Hall–Kier alpha value is -3.63. The number of aromatic nitrogens is 8. The normalized spacial score (nSPS) is 30.8. The molecule has 0 radical (unpaired) electrons. The van der Waals surface area contributed by atoms with Crippen molar-refractivity contribution in [3.05, 3.63) is 34.8 Å². The third-order valence-corrected chi connectivity index (χ3v) is 8.18. The third kappa shape index (κ3) is 5.25. The lowest BCUT2D eigenvalue weighted by atomic mass is 10.0. The van der Waals surface area contributed by atoms with Crippen molar-refractivity contribution in [3.63, 3.8) is 0 Å². The second kappa shape index (κ2) is 11.1. The van der Waals surface area contributed by atoms with E-state index in [2.05, 4.69) is 30.0 Å². The van der Waals surface area contributed by atoms with Crippen LogP contribution < -0.4 is 17.0 Å². The number of phosphoric ester groups is 1. The summed E-state index contributed by atoms with van der Waals surface area (Å²) >= 11 is 0. The number of hydrogen-bond donors (Lipinski definition) is 8. The van der Waals surface area contributed by atoms with Crippen LogP contribution >= 0.6 is 7.82 Å². The van der Waals surface area contributed by atoms with E-state index in [0.717, 1.165) is 10.9 Å². The highest BCUT2D eigenvalue weighted by molar-refractivity contribution is 7.47.